The van der Waals surface area contributed by atoms with Gasteiger partial charge in [-0.15, -0.1) is 0 Å². The molecule has 0 N–H and O–H groups in total. The molecule has 1 aliphatic rings. The fourth-order valence-corrected chi connectivity index (χ4v) is 2.27. The van der Waals surface area contributed by atoms with Crippen molar-refractivity contribution in [1.82, 2.24) is 0 Å². The number of allylic oxidation sites excluding steroid dienone is 4. The largest absolute Gasteiger partial charge is 1.00 e. The van der Waals surface area contributed by atoms with Crippen LogP contribution in [0.2, 0.25) is 0 Å². The molecule has 1 rings (SSSR count). The van der Waals surface area contributed by atoms with Crippen LogP contribution in [0.5, 0.6) is 0 Å². The normalized spacial score (nSPS) is 14.8. The Labute approximate surface area is 102 Å². The van der Waals surface area contributed by atoms with Crippen LogP contribution in [0.4, 0.5) is 0 Å². The number of halogens is 2. The maximum Gasteiger partial charge on any atom is -1.00 e. The quantitative estimate of drug-likeness (QED) is 0.449. The zero-order chi connectivity index (χ0) is 7.56. The van der Waals surface area contributed by atoms with Crippen molar-refractivity contribution in [3.63, 3.8) is 0 Å². The molecule has 0 fully saturated rings. The standard InChI is InChI=1S/C9H13.2ClH.Hf/c1-8(2)7-9-5-3-4-6-9;;;/h3,5,8H,4,7H2,1-2H3;2*1H;/q;;;+2/p-2. The van der Waals surface area contributed by atoms with Crippen molar-refractivity contribution in [2.24, 2.45) is 5.92 Å². The van der Waals surface area contributed by atoms with Crippen molar-refractivity contribution >= 4 is 0 Å². The Morgan fingerprint density at radius 2 is 2.00 bits per heavy atom. The molecule has 67 valence electrons. The Balaban J connectivity index is 0. The van der Waals surface area contributed by atoms with Crippen LogP contribution in [0, 0.1) is 5.92 Å². The number of hydrogen-bond acceptors (Lipinski definition) is 0. The van der Waals surface area contributed by atoms with Gasteiger partial charge in [-0.2, -0.15) is 0 Å². The maximum atomic E-state index is 2.31. The Hall–Kier alpha value is 0.930. The second-order valence-electron chi connectivity index (χ2n) is 3.21. The molecule has 0 radical (unpaired) electrons. The van der Waals surface area contributed by atoms with Gasteiger partial charge in [0.1, 0.15) is 0 Å². The molecular formula is C9H13Cl2Hf. The second kappa shape index (κ2) is 7.34. The third-order valence-electron chi connectivity index (χ3n) is 1.66. The van der Waals surface area contributed by atoms with E-state index in [2.05, 4.69) is 26.0 Å². The predicted octanol–water partition coefficient (Wildman–Crippen LogP) is -3.20. The number of rotatable bonds is 2. The smallest absolute Gasteiger partial charge is 1.00 e. The summed E-state index contributed by atoms with van der Waals surface area (Å²) < 4.78 is 1.70. The van der Waals surface area contributed by atoms with Gasteiger partial charge in [-0.05, 0) is 0 Å². The van der Waals surface area contributed by atoms with E-state index in [1.54, 1.807) is 8.90 Å². The monoisotopic (exact) mass is 371 g/mol. The van der Waals surface area contributed by atoms with Crippen molar-refractivity contribution in [2.75, 3.05) is 0 Å². The third-order valence-corrected chi connectivity index (χ3v) is 3.54. The predicted molar refractivity (Wildman–Crippen MR) is 40.2 cm³/mol. The zero-order valence-electron chi connectivity index (χ0n) is 7.40. The summed E-state index contributed by atoms with van der Waals surface area (Å²) in [5.41, 5.74) is 1.63. The first-order valence-electron chi connectivity index (χ1n) is 3.80. The van der Waals surface area contributed by atoms with E-state index in [4.69, 9.17) is 0 Å². The molecule has 1 aliphatic carbocycles. The van der Waals surface area contributed by atoms with Gasteiger partial charge in [0.05, 0.1) is 0 Å². The molecule has 0 aromatic carbocycles. The van der Waals surface area contributed by atoms with E-state index in [9.17, 15) is 0 Å². The summed E-state index contributed by atoms with van der Waals surface area (Å²) in [5.74, 6) is 0.821. The van der Waals surface area contributed by atoms with Crippen LogP contribution in [0.25, 0.3) is 0 Å². The van der Waals surface area contributed by atoms with Crippen molar-refractivity contribution in [1.29, 1.82) is 0 Å². The number of hydrogen-bond donors (Lipinski definition) is 0. The van der Waals surface area contributed by atoms with Crippen molar-refractivity contribution < 1.29 is 49.2 Å². The molecule has 0 unspecified atom stereocenters. The first-order valence-corrected chi connectivity index (χ1v) is 5.60. The van der Waals surface area contributed by atoms with Crippen LogP contribution in [-0.4, -0.2) is 0 Å². The molecule has 0 aliphatic heterocycles. The van der Waals surface area contributed by atoms with Gasteiger partial charge in [-0.1, -0.05) is 0 Å². The van der Waals surface area contributed by atoms with E-state index in [1.165, 1.54) is 37.2 Å². The summed E-state index contributed by atoms with van der Waals surface area (Å²) in [5, 5.41) is 0. The van der Waals surface area contributed by atoms with Crippen LogP contribution in [0.15, 0.2) is 21.1 Å². The average Bonchev–Trinajstić information content (AvgIpc) is 2.15. The Morgan fingerprint density at radius 1 is 1.42 bits per heavy atom. The molecule has 12 heavy (non-hydrogen) atoms. The van der Waals surface area contributed by atoms with Gasteiger partial charge in [-0.3, -0.25) is 0 Å². The molecule has 0 heterocycles. The molecule has 0 spiro atoms. The van der Waals surface area contributed by atoms with Crippen LogP contribution in [-0.2, 0) is 24.4 Å². The fraction of sp³-hybridized carbons (Fsp3) is 0.556. The van der Waals surface area contributed by atoms with E-state index in [0.717, 1.165) is 5.92 Å². The Morgan fingerprint density at radius 3 is 2.33 bits per heavy atom. The second-order valence-corrected chi connectivity index (χ2v) is 5.38. The Bertz CT molecular complexity index is 183. The fourth-order valence-electron chi connectivity index (χ4n) is 1.18. The summed E-state index contributed by atoms with van der Waals surface area (Å²) in [6.07, 6.45) is 7.13. The summed E-state index contributed by atoms with van der Waals surface area (Å²) in [4.78, 5) is 0. The van der Waals surface area contributed by atoms with E-state index in [0.29, 0.717) is 0 Å². The van der Waals surface area contributed by atoms with Gasteiger partial charge >= 0.3 is 78.0 Å². The molecule has 0 nitrogen and oxygen atoms in total. The maximum absolute atomic E-state index is 2.31. The minimum Gasteiger partial charge on any atom is -1.00 e. The minimum atomic E-state index is 0. The van der Waals surface area contributed by atoms with Gasteiger partial charge in [0, 0.05) is 0 Å². The zero-order valence-corrected chi connectivity index (χ0v) is 12.5. The molecular weight excluding hydrogens is 357 g/mol. The SMILES string of the molecule is CC(C)CC1=[C]([Hf+2])CC=C1.[Cl-].[Cl-]. The van der Waals surface area contributed by atoms with Gasteiger partial charge in [0.25, 0.3) is 0 Å². The summed E-state index contributed by atoms with van der Waals surface area (Å²) in [7, 11) is 0. The molecule has 3 heteroatoms. The molecule has 0 saturated carbocycles. The van der Waals surface area contributed by atoms with Crippen molar-refractivity contribution in [3.05, 3.63) is 21.1 Å². The van der Waals surface area contributed by atoms with Gasteiger partial charge in [0.15, 0.2) is 0 Å². The first kappa shape index (κ1) is 15.4. The van der Waals surface area contributed by atoms with Crippen LogP contribution >= 0.6 is 0 Å². The molecule has 0 atom stereocenters. The molecule has 0 bridgehead atoms. The van der Waals surface area contributed by atoms with Gasteiger partial charge in [-0.25, -0.2) is 0 Å². The summed E-state index contributed by atoms with van der Waals surface area (Å²) in [6.45, 7) is 4.57. The van der Waals surface area contributed by atoms with Gasteiger partial charge in [0.2, 0.25) is 0 Å². The molecule has 0 amide bonds. The van der Waals surface area contributed by atoms with Gasteiger partial charge < -0.3 is 24.8 Å². The summed E-state index contributed by atoms with van der Waals surface area (Å²) >= 11 is 1.26. The third kappa shape index (κ3) is 4.84. The molecule has 0 aromatic heterocycles. The van der Waals surface area contributed by atoms with E-state index in [-0.39, 0.29) is 24.8 Å². The van der Waals surface area contributed by atoms with Crippen molar-refractivity contribution in [3.8, 4) is 0 Å². The van der Waals surface area contributed by atoms with Crippen LogP contribution in [0.3, 0.4) is 0 Å². The summed E-state index contributed by atoms with van der Waals surface area (Å²) in [6, 6.07) is 0. The minimum absolute atomic E-state index is 0. The van der Waals surface area contributed by atoms with Crippen LogP contribution < -0.4 is 24.8 Å². The van der Waals surface area contributed by atoms with E-state index < -0.39 is 0 Å². The van der Waals surface area contributed by atoms with Crippen molar-refractivity contribution in [2.45, 2.75) is 26.7 Å². The van der Waals surface area contributed by atoms with Crippen LogP contribution in [0.1, 0.15) is 26.7 Å². The van der Waals surface area contributed by atoms with E-state index in [1.807, 2.05) is 0 Å². The topological polar surface area (TPSA) is 0 Å². The first-order chi connectivity index (χ1) is 4.70. The Kier molecular flexibility index (Phi) is 9.43. The molecule has 0 saturated heterocycles. The molecule has 0 aromatic rings. The average molecular weight is 371 g/mol. The van der Waals surface area contributed by atoms with E-state index >= 15 is 0 Å².